The Morgan fingerprint density at radius 3 is 2.33 bits per heavy atom. The second kappa shape index (κ2) is 8.68. The first-order valence-corrected chi connectivity index (χ1v) is 11.2. The lowest BCUT2D eigenvalue weighted by Gasteiger charge is -2.20. The molecule has 2 aromatic carbocycles. The molecule has 6 nitrogen and oxygen atoms in total. The van der Waals surface area contributed by atoms with Crippen molar-refractivity contribution in [3.63, 3.8) is 0 Å². The van der Waals surface area contributed by atoms with Crippen molar-refractivity contribution in [2.45, 2.75) is 23.7 Å². The number of carbonyl (C=O) groups is 1. The lowest BCUT2D eigenvalue weighted by atomic mass is 10.1. The molecule has 0 unspecified atom stereocenters. The largest absolute Gasteiger partial charge is 0.416 e. The van der Waals surface area contributed by atoms with Gasteiger partial charge in [-0.2, -0.15) is 13.2 Å². The smallest absolute Gasteiger partial charge is 0.326 e. The zero-order chi connectivity index (χ0) is 21.9. The second-order valence-electron chi connectivity index (χ2n) is 6.43. The van der Waals surface area contributed by atoms with E-state index in [1.54, 1.807) is 0 Å². The fourth-order valence-electron chi connectivity index (χ4n) is 2.73. The van der Waals surface area contributed by atoms with Gasteiger partial charge in [0.1, 0.15) is 0 Å². The van der Waals surface area contributed by atoms with Crippen molar-refractivity contribution in [1.29, 1.82) is 0 Å². The summed E-state index contributed by atoms with van der Waals surface area (Å²) in [6.45, 7) is 1.84. The Morgan fingerprint density at radius 1 is 1.13 bits per heavy atom. The Morgan fingerprint density at radius 2 is 1.77 bits per heavy atom. The number of benzene rings is 2. The van der Waals surface area contributed by atoms with Gasteiger partial charge in [0.25, 0.3) is 10.0 Å². The number of thioether (sulfide) groups is 1. The molecule has 0 saturated heterocycles. The molecule has 0 aliphatic carbocycles. The van der Waals surface area contributed by atoms with E-state index in [0.29, 0.717) is 23.0 Å². The van der Waals surface area contributed by atoms with E-state index in [2.05, 4.69) is 10.3 Å². The summed E-state index contributed by atoms with van der Waals surface area (Å²) in [6, 6.07) is 10.5. The molecule has 0 fully saturated rings. The third-order valence-electron chi connectivity index (χ3n) is 4.18. The summed E-state index contributed by atoms with van der Waals surface area (Å²) in [6.07, 6.45) is -4.40. The normalized spacial score (nSPS) is 14.5. The van der Waals surface area contributed by atoms with Gasteiger partial charge in [-0.15, -0.1) is 0 Å². The topological polar surface area (TPSA) is 78.8 Å². The van der Waals surface area contributed by atoms with Gasteiger partial charge in [0.15, 0.2) is 5.17 Å². The van der Waals surface area contributed by atoms with E-state index >= 15 is 0 Å². The zero-order valence-corrected chi connectivity index (χ0v) is 17.4. The zero-order valence-electron chi connectivity index (χ0n) is 15.8. The number of amidine groups is 1. The first-order chi connectivity index (χ1) is 14.1. The maximum atomic E-state index is 13.0. The predicted molar refractivity (Wildman–Crippen MR) is 110 cm³/mol. The SMILES string of the molecule is CC(=O)Nc1ccc(S(=O)(=O)N2CCN=C2SCc2ccc(C(F)(F)F)cc2)cc1. The van der Waals surface area contributed by atoms with Crippen LogP contribution in [0.25, 0.3) is 0 Å². The van der Waals surface area contributed by atoms with Crippen molar-refractivity contribution in [1.82, 2.24) is 4.31 Å². The van der Waals surface area contributed by atoms with Crippen LogP contribution >= 0.6 is 11.8 Å². The maximum absolute atomic E-state index is 13.0. The number of nitrogens with one attached hydrogen (secondary N) is 1. The van der Waals surface area contributed by atoms with Gasteiger partial charge in [-0.3, -0.25) is 9.79 Å². The summed E-state index contributed by atoms with van der Waals surface area (Å²) in [4.78, 5) is 15.4. The van der Waals surface area contributed by atoms with Gasteiger partial charge in [-0.05, 0) is 42.0 Å². The molecule has 0 atom stereocenters. The van der Waals surface area contributed by atoms with Crippen molar-refractivity contribution >= 4 is 38.5 Å². The van der Waals surface area contributed by atoms with Gasteiger partial charge >= 0.3 is 6.18 Å². The molecule has 11 heteroatoms. The Hall–Kier alpha value is -2.53. The summed E-state index contributed by atoms with van der Waals surface area (Å²) in [5, 5.41) is 2.86. The van der Waals surface area contributed by atoms with Crippen LogP contribution in [0.3, 0.4) is 0 Å². The fourth-order valence-corrected chi connectivity index (χ4v) is 5.41. The van der Waals surface area contributed by atoms with Crippen LogP contribution in [0.1, 0.15) is 18.1 Å². The number of sulfonamides is 1. The van der Waals surface area contributed by atoms with Crippen LogP contribution in [-0.4, -0.2) is 36.9 Å². The minimum atomic E-state index is -4.40. The standard InChI is InChI=1S/C19H18F3N3O3S2/c1-13(26)24-16-6-8-17(9-7-16)30(27,28)25-11-10-23-18(25)29-12-14-2-4-15(5-3-14)19(20,21)22/h2-9H,10-12H2,1H3,(H,24,26). The molecule has 160 valence electrons. The molecule has 1 N–H and O–H groups in total. The van der Waals surface area contributed by atoms with Gasteiger partial charge in [0.2, 0.25) is 5.91 Å². The molecule has 0 saturated carbocycles. The van der Waals surface area contributed by atoms with E-state index in [9.17, 15) is 26.4 Å². The minimum Gasteiger partial charge on any atom is -0.326 e. The first kappa shape index (κ1) is 22.2. The molecule has 3 rings (SSSR count). The summed E-state index contributed by atoms with van der Waals surface area (Å²) >= 11 is 1.15. The van der Waals surface area contributed by atoms with Crippen LogP contribution in [0, 0.1) is 0 Å². The fraction of sp³-hybridized carbons (Fsp3) is 0.263. The van der Waals surface area contributed by atoms with Crippen molar-refractivity contribution < 1.29 is 26.4 Å². The van der Waals surface area contributed by atoms with Crippen LogP contribution < -0.4 is 5.32 Å². The third kappa shape index (κ3) is 5.14. The molecule has 0 radical (unpaired) electrons. The number of aliphatic imine (C=N–C) groups is 1. The van der Waals surface area contributed by atoms with E-state index in [1.807, 2.05) is 0 Å². The van der Waals surface area contributed by atoms with Gasteiger partial charge in [-0.25, -0.2) is 12.7 Å². The van der Waals surface area contributed by atoms with Crippen molar-refractivity contribution in [3.8, 4) is 0 Å². The monoisotopic (exact) mass is 457 g/mol. The van der Waals surface area contributed by atoms with E-state index < -0.39 is 21.8 Å². The molecule has 2 aromatic rings. The predicted octanol–water partition coefficient (Wildman–Crippen LogP) is 3.96. The molecule has 0 bridgehead atoms. The molecule has 1 heterocycles. The molecule has 1 amide bonds. The van der Waals surface area contributed by atoms with Crippen LogP contribution in [-0.2, 0) is 26.7 Å². The number of amides is 1. The highest BCUT2D eigenvalue weighted by atomic mass is 32.2. The van der Waals surface area contributed by atoms with Crippen molar-refractivity contribution in [3.05, 3.63) is 59.7 Å². The van der Waals surface area contributed by atoms with Crippen LogP contribution in [0.5, 0.6) is 0 Å². The molecule has 1 aliphatic heterocycles. The highest BCUT2D eigenvalue weighted by Crippen LogP contribution is 2.30. The number of hydrogen-bond donors (Lipinski definition) is 1. The Kier molecular flexibility index (Phi) is 6.41. The summed E-state index contributed by atoms with van der Waals surface area (Å²) in [5.74, 6) is 0.0176. The lowest BCUT2D eigenvalue weighted by Crippen LogP contribution is -2.32. The molecule has 30 heavy (non-hydrogen) atoms. The quantitative estimate of drug-likeness (QED) is 0.737. The molecular weight excluding hydrogens is 439 g/mol. The lowest BCUT2D eigenvalue weighted by molar-refractivity contribution is -0.137. The molecular formula is C19H18F3N3O3S2. The molecule has 1 aliphatic rings. The first-order valence-electron chi connectivity index (χ1n) is 8.81. The highest BCUT2D eigenvalue weighted by molar-refractivity contribution is 8.14. The Labute approximate surface area is 176 Å². The third-order valence-corrected chi connectivity index (χ3v) is 7.18. The van der Waals surface area contributed by atoms with E-state index in [4.69, 9.17) is 0 Å². The Balaban J connectivity index is 1.69. The average Bonchev–Trinajstić information content (AvgIpc) is 3.15. The molecule has 0 aromatic heterocycles. The van der Waals surface area contributed by atoms with Crippen molar-refractivity contribution in [2.24, 2.45) is 4.99 Å². The maximum Gasteiger partial charge on any atom is 0.416 e. The van der Waals surface area contributed by atoms with Gasteiger partial charge in [-0.1, -0.05) is 23.9 Å². The van der Waals surface area contributed by atoms with Crippen molar-refractivity contribution in [2.75, 3.05) is 18.4 Å². The summed E-state index contributed by atoms with van der Waals surface area (Å²) < 4.78 is 65.1. The van der Waals surface area contributed by atoms with Gasteiger partial charge in [0, 0.05) is 18.4 Å². The number of carbonyl (C=O) groups excluding carboxylic acids is 1. The Bertz CT molecular complexity index is 1050. The number of hydrogen-bond acceptors (Lipinski definition) is 5. The van der Waals surface area contributed by atoms with Gasteiger partial charge in [0.05, 0.1) is 23.5 Å². The second-order valence-corrected chi connectivity index (χ2v) is 9.24. The highest BCUT2D eigenvalue weighted by Gasteiger charge is 2.32. The van der Waals surface area contributed by atoms with E-state index in [1.165, 1.54) is 47.6 Å². The number of rotatable bonds is 5. The molecule has 0 spiro atoms. The van der Waals surface area contributed by atoms with Gasteiger partial charge < -0.3 is 5.32 Å². The summed E-state index contributed by atoms with van der Waals surface area (Å²) in [5.41, 5.74) is 0.370. The van der Waals surface area contributed by atoms with Crippen LogP contribution in [0.15, 0.2) is 58.4 Å². The number of alkyl halides is 3. The number of nitrogens with zero attached hydrogens (tertiary/aromatic N) is 2. The average molecular weight is 457 g/mol. The minimum absolute atomic E-state index is 0.0568. The van der Waals surface area contributed by atoms with Crippen LogP contribution in [0.2, 0.25) is 0 Å². The summed E-state index contributed by atoms with van der Waals surface area (Å²) in [7, 11) is -3.84. The number of halogens is 3. The van der Waals surface area contributed by atoms with Crippen LogP contribution in [0.4, 0.5) is 18.9 Å². The van der Waals surface area contributed by atoms with E-state index in [0.717, 1.165) is 23.9 Å². The number of anilines is 1. The van der Waals surface area contributed by atoms with E-state index in [-0.39, 0.29) is 23.1 Å².